The van der Waals surface area contributed by atoms with Gasteiger partial charge in [-0.25, -0.2) is 13.1 Å². The van der Waals surface area contributed by atoms with Gasteiger partial charge in [0, 0.05) is 6.04 Å². The molecule has 0 atom stereocenters. The zero-order valence-corrected chi connectivity index (χ0v) is 11.5. The molecule has 0 aromatic heterocycles. The van der Waals surface area contributed by atoms with Crippen LogP contribution in [0.4, 0.5) is 0 Å². The maximum Gasteiger partial charge on any atom is 0.328 e. The van der Waals surface area contributed by atoms with Crippen molar-refractivity contribution in [3.63, 3.8) is 0 Å². The van der Waals surface area contributed by atoms with E-state index in [1.807, 2.05) is 0 Å². The third kappa shape index (κ3) is 3.19. The summed E-state index contributed by atoms with van der Waals surface area (Å²) in [7, 11) is -3.69. The normalized spacial score (nSPS) is 18.3. The number of hydrogen-bond acceptors (Lipinski definition) is 4. The lowest BCUT2D eigenvalue weighted by Gasteiger charge is -2.25. The lowest BCUT2D eigenvalue weighted by atomic mass is 10.2. The van der Waals surface area contributed by atoms with E-state index in [4.69, 9.17) is 4.74 Å². The summed E-state index contributed by atoms with van der Waals surface area (Å²) in [5.74, 6) is -0.703. The van der Waals surface area contributed by atoms with Crippen molar-refractivity contribution >= 4 is 16.0 Å². The van der Waals surface area contributed by atoms with Crippen molar-refractivity contribution in [1.29, 1.82) is 0 Å². The maximum atomic E-state index is 12.1. The summed E-state index contributed by atoms with van der Waals surface area (Å²) < 4.78 is 30.1. The molecule has 100 valence electrons. The molecule has 0 heterocycles. The molecule has 0 aromatic carbocycles. The first-order valence-electron chi connectivity index (χ1n) is 6.00. The Morgan fingerprint density at radius 3 is 2.35 bits per heavy atom. The zero-order chi connectivity index (χ0) is 13.1. The number of rotatable bonds is 5. The second-order valence-corrected chi connectivity index (χ2v) is 7.10. The Bertz CT molecular complexity index is 369. The van der Waals surface area contributed by atoms with Gasteiger partial charge in [0.05, 0.1) is 6.61 Å². The van der Waals surface area contributed by atoms with E-state index in [1.54, 1.807) is 6.92 Å². The van der Waals surface area contributed by atoms with Gasteiger partial charge in [0.2, 0.25) is 10.0 Å². The van der Waals surface area contributed by atoms with Crippen molar-refractivity contribution in [3.05, 3.63) is 0 Å². The van der Waals surface area contributed by atoms with Crippen LogP contribution in [0.3, 0.4) is 0 Å². The van der Waals surface area contributed by atoms with E-state index in [9.17, 15) is 13.2 Å². The highest BCUT2D eigenvalue weighted by atomic mass is 32.2. The topological polar surface area (TPSA) is 72.5 Å². The fraction of sp³-hybridized carbons (Fsp3) is 0.909. The van der Waals surface area contributed by atoms with Crippen LogP contribution in [0.5, 0.6) is 0 Å². The van der Waals surface area contributed by atoms with E-state index in [0.29, 0.717) is 0 Å². The molecule has 17 heavy (non-hydrogen) atoms. The van der Waals surface area contributed by atoms with Crippen LogP contribution in [0.15, 0.2) is 0 Å². The number of nitrogens with one attached hydrogen (secondary N) is 1. The van der Waals surface area contributed by atoms with E-state index in [2.05, 4.69) is 4.72 Å². The minimum absolute atomic E-state index is 0.0336. The predicted octanol–water partition coefficient (Wildman–Crippen LogP) is 1.19. The van der Waals surface area contributed by atoms with Crippen LogP contribution in [0, 0.1) is 0 Å². The molecule has 0 aliphatic heterocycles. The Balaban J connectivity index is 2.76. The van der Waals surface area contributed by atoms with Crippen LogP contribution in [0.25, 0.3) is 0 Å². The van der Waals surface area contributed by atoms with E-state index in [0.717, 1.165) is 25.7 Å². The number of carbonyl (C=O) groups is 1. The van der Waals surface area contributed by atoms with Gasteiger partial charge in [-0.05, 0) is 33.6 Å². The van der Waals surface area contributed by atoms with Gasteiger partial charge in [-0.2, -0.15) is 0 Å². The highest BCUT2D eigenvalue weighted by Crippen LogP contribution is 2.23. The Kier molecular flexibility index (Phi) is 4.55. The van der Waals surface area contributed by atoms with E-state index >= 15 is 0 Å². The molecule has 0 amide bonds. The summed E-state index contributed by atoms with van der Waals surface area (Å²) in [6.07, 6.45) is 3.76. The SMILES string of the molecule is CCOC(=O)C(C)(C)S(=O)(=O)NC1CCCC1. The van der Waals surface area contributed by atoms with Crippen molar-refractivity contribution in [1.82, 2.24) is 4.72 Å². The Labute approximate surface area is 103 Å². The van der Waals surface area contributed by atoms with Crippen molar-refractivity contribution in [2.24, 2.45) is 0 Å². The molecule has 1 aliphatic carbocycles. The summed E-state index contributed by atoms with van der Waals surface area (Å²) in [4.78, 5) is 11.6. The summed E-state index contributed by atoms with van der Waals surface area (Å²) in [6.45, 7) is 4.59. The molecule has 6 heteroatoms. The Morgan fingerprint density at radius 1 is 1.35 bits per heavy atom. The molecule has 1 rings (SSSR count). The first kappa shape index (κ1) is 14.4. The van der Waals surface area contributed by atoms with Crippen LogP contribution in [0.1, 0.15) is 46.5 Å². The molecular weight excluding hydrogens is 242 g/mol. The highest BCUT2D eigenvalue weighted by molar-refractivity contribution is 7.91. The monoisotopic (exact) mass is 263 g/mol. The number of sulfonamides is 1. The van der Waals surface area contributed by atoms with Crippen LogP contribution in [-0.2, 0) is 19.6 Å². The molecule has 5 nitrogen and oxygen atoms in total. The van der Waals surface area contributed by atoms with Gasteiger partial charge < -0.3 is 4.74 Å². The molecule has 0 spiro atoms. The van der Waals surface area contributed by atoms with Gasteiger partial charge in [-0.1, -0.05) is 12.8 Å². The smallest absolute Gasteiger partial charge is 0.328 e. The highest BCUT2D eigenvalue weighted by Gasteiger charge is 2.44. The quantitative estimate of drug-likeness (QED) is 0.756. The summed E-state index contributed by atoms with van der Waals surface area (Å²) >= 11 is 0. The first-order chi connectivity index (χ1) is 7.81. The van der Waals surface area contributed by atoms with Crippen LogP contribution < -0.4 is 4.72 Å². The van der Waals surface area contributed by atoms with Crippen molar-refractivity contribution < 1.29 is 17.9 Å². The van der Waals surface area contributed by atoms with E-state index in [-0.39, 0.29) is 12.6 Å². The standard InChI is InChI=1S/C11H21NO4S/c1-4-16-10(13)11(2,3)17(14,15)12-9-7-5-6-8-9/h9,12H,4-8H2,1-3H3. The Morgan fingerprint density at radius 2 is 1.88 bits per heavy atom. The fourth-order valence-electron chi connectivity index (χ4n) is 1.82. The summed E-state index contributed by atoms with van der Waals surface area (Å²) in [6, 6.07) is -0.0336. The van der Waals surface area contributed by atoms with Gasteiger partial charge in [0.15, 0.2) is 4.75 Å². The van der Waals surface area contributed by atoms with Crippen LogP contribution in [-0.4, -0.2) is 31.8 Å². The molecule has 0 unspecified atom stereocenters. The number of carbonyl (C=O) groups excluding carboxylic acids is 1. The summed E-state index contributed by atoms with van der Waals surface area (Å²) in [5, 5.41) is 0. The second-order valence-electron chi connectivity index (χ2n) is 4.83. The average molecular weight is 263 g/mol. The fourth-order valence-corrected chi connectivity index (χ4v) is 3.07. The summed E-state index contributed by atoms with van der Waals surface area (Å²) in [5.41, 5.74) is 0. The van der Waals surface area contributed by atoms with Gasteiger partial charge in [-0.15, -0.1) is 0 Å². The number of hydrogen-bond donors (Lipinski definition) is 1. The Hall–Kier alpha value is -0.620. The van der Waals surface area contributed by atoms with Crippen molar-refractivity contribution in [2.75, 3.05) is 6.61 Å². The predicted molar refractivity (Wildman–Crippen MR) is 65.0 cm³/mol. The minimum Gasteiger partial charge on any atom is -0.465 e. The van der Waals surface area contributed by atoms with Gasteiger partial charge >= 0.3 is 5.97 Å². The van der Waals surface area contributed by atoms with E-state index < -0.39 is 20.7 Å². The molecule has 1 aliphatic rings. The van der Waals surface area contributed by atoms with Crippen molar-refractivity contribution in [2.45, 2.75) is 57.2 Å². The maximum absolute atomic E-state index is 12.1. The van der Waals surface area contributed by atoms with Gasteiger partial charge in [-0.3, -0.25) is 4.79 Å². The van der Waals surface area contributed by atoms with E-state index in [1.165, 1.54) is 13.8 Å². The minimum atomic E-state index is -3.69. The zero-order valence-electron chi connectivity index (χ0n) is 10.7. The molecule has 0 radical (unpaired) electrons. The number of ether oxygens (including phenoxy) is 1. The third-order valence-electron chi connectivity index (χ3n) is 3.12. The van der Waals surface area contributed by atoms with Crippen molar-refractivity contribution in [3.8, 4) is 0 Å². The molecule has 1 fully saturated rings. The second kappa shape index (κ2) is 5.35. The molecule has 0 aromatic rings. The first-order valence-corrected chi connectivity index (χ1v) is 7.48. The molecule has 0 bridgehead atoms. The lowest BCUT2D eigenvalue weighted by Crippen LogP contribution is -2.50. The molecule has 1 N–H and O–H groups in total. The largest absolute Gasteiger partial charge is 0.465 e. The van der Waals surface area contributed by atoms with Crippen LogP contribution in [0.2, 0.25) is 0 Å². The average Bonchev–Trinajstić information content (AvgIpc) is 2.69. The molecular formula is C11H21NO4S. The van der Waals surface area contributed by atoms with Crippen LogP contribution >= 0.6 is 0 Å². The third-order valence-corrected chi connectivity index (χ3v) is 5.27. The van der Waals surface area contributed by atoms with Gasteiger partial charge in [0.1, 0.15) is 0 Å². The molecule has 0 saturated heterocycles. The van der Waals surface area contributed by atoms with Gasteiger partial charge in [0.25, 0.3) is 0 Å². The lowest BCUT2D eigenvalue weighted by molar-refractivity contribution is -0.145. The number of esters is 1. The molecule has 1 saturated carbocycles.